The number of oxime groups is 1. The molecule has 5 nitrogen and oxygen atoms in total. The van der Waals surface area contributed by atoms with E-state index in [9.17, 15) is 4.79 Å². The van der Waals surface area contributed by atoms with E-state index in [2.05, 4.69) is 75.7 Å². The van der Waals surface area contributed by atoms with E-state index in [1.165, 1.54) is 19.3 Å². The zero-order valence-electron chi connectivity index (χ0n) is 23.9. The zero-order valence-corrected chi connectivity index (χ0v) is 25.9. The van der Waals surface area contributed by atoms with Crippen LogP contribution in [0.15, 0.2) is 29.5 Å². The molecule has 0 aliphatic heterocycles. The molecule has 0 unspecified atom stereocenters. The molecule has 0 spiro atoms. The highest BCUT2D eigenvalue weighted by atomic mass is 28.4. The summed E-state index contributed by atoms with van der Waals surface area (Å²) in [6.07, 6.45) is 19.9. The molecule has 35 heavy (non-hydrogen) atoms. The van der Waals surface area contributed by atoms with Gasteiger partial charge in [0.2, 0.25) is 8.32 Å². The zero-order chi connectivity index (χ0) is 26.3. The van der Waals surface area contributed by atoms with E-state index in [1.54, 1.807) is 0 Å². The van der Waals surface area contributed by atoms with Gasteiger partial charge in [0, 0.05) is 18.3 Å². The van der Waals surface area contributed by atoms with Crippen LogP contribution in [0.4, 0.5) is 0 Å². The molecule has 0 bridgehead atoms. The fourth-order valence-electron chi connectivity index (χ4n) is 4.32. The van der Waals surface area contributed by atoms with Crippen LogP contribution >= 0.6 is 0 Å². The van der Waals surface area contributed by atoms with Gasteiger partial charge in [0.15, 0.2) is 8.32 Å². The second-order valence-corrected chi connectivity index (χ2v) is 20.6. The lowest BCUT2D eigenvalue weighted by Gasteiger charge is -2.25. The predicted octanol–water partition coefficient (Wildman–Crippen LogP) is 8.26. The molecule has 7 heteroatoms. The summed E-state index contributed by atoms with van der Waals surface area (Å²) in [5.74, 6) is 0.646. The smallest absolute Gasteiger partial charge is 0.292 e. The number of hydrogen-bond donors (Lipinski definition) is 0. The van der Waals surface area contributed by atoms with Crippen molar-refractivity contribution in [3.63, 3.8) is 0 Å². The second-order valence-electron chi connectivity index (χ2n) is 11.7. The van der Waals surface area contributed by atoms with Crippen molar-refractivity contribution in [1.29, 1.82) is 0 Å². The van der Waals surface area contributed by atoms with E-state index in [0.717, 1.165) is 44.2 Å². The van der Waals surface area contributed by atoms with Gasteiger partial charge in [-0.2, -0.15) is 0 Å². The fraction of sp³-hybridized carbons (Fsp3) is 0.786. The maximum atomic E-state index is 11.9. The lowest BCUT2D eigenvalue weighted by atomic mass is 9.88. The predicted molar refractivity (Wildman–Crippen MR) is 154 cm³/mol. The highest BCUT2D eigenvalue weighted by molar-refractivity contribution is 6.71. The van der Waals surface area contributed by atoms with Gasteiger partial charge in [-0.05, 0) is 71.5 Å². The van der Waals surface area contributed by atoms with Crippen molar-refractivity contribution in [2.24, 2.45) is 17.0 Å². The molecule has 0 aromatic heterocycles. The lowest BCUT2D eigenvalue weighted by Crippen LogP contribution is -2.31. The SMILES string of the molecule is CCCCC[C@@H](/C=C/[C@H]1C=C/C(=N\OCC)[C@@H]1CCCCCCC(=O)O[Si](C)(C)C)O[Si](C)(C)C. The molecule has 0 heterocycles. The standard InChI is InChI=1S/C28H53NO4Si2/c1-9-11-14-17-25(32-34(3,4)5)22-20-24-21-23-27(29-31-10-2)26(24)18-15-12-13-16-19-28(30)33-35(6,7)8/h20-26H,9-19H2,1-8H3/b22-20+,29-27+/t24-,25-,26+/m0/s1. The summed E-state index contributed by atoms with van der Waals surface area (Å²) in [7, 11) is -3.38. The van der Waals surface area contributed by atoms with Crippen LogP contribution in [0.5, 0.6) is 0 Å². The highest BCUT2D eigenvalue weighted by Gasteiger charge is 2.28. The molecular formula is C28H53NO4Si2. The normalized spacial score (nSPS) is 20.6. The first-order chi connectivity index (χ1) is 16.4. The molecule has 0 amide bonds. The van der Waals surface area contributed by atoms with Crippen LogP contribution in [0.3, 0.4) is 0 Å². The molecule has 3 atom stereocenters. The van der Waals surface area contributed by atoms with Crippen LogP contribution < -0.4 is 0 Å². The molecule has 0 fully saturated rings. The van der Waals surface area contributed by atoms with Gasteiger partial charge in [0.25, 0.3) is 5.97 Å². The maximum Gasteiger partial charge on any atom is 0.292 e. The van der Waals surface area contributed by atoms with Gasteiger partial charge in [-0.25, -0.2) is 0 Å². The molecule has 0 aromatic rings. The molecule has 0 radical (unpaired) electrons. The van der Waals surface area contributed by atoms with Crippen LogP contribution in [0.2, 0.25) is 39.3 Å². The van der Waals surface area contributed by atoms with Crippen molar-refractivity contribution in [3.05, 3.63) is 24.3 Å². The number of carbonyl (C=O) groups excluding carboxylic acids is 1. The Kier molecular flexibility index (Phi) is 15.0. The summed E-state index contributed by atoms with van der Waals surface area (Å²) in [6.45, 7) is 17.8. The van der Waals surface area contributed by atoms with Gasteiger partial charge in [-0.1, -0.05) is 68.8 Å². The fourth-order valence-corrected chi connectivity index (χ4v) is 6.21. The van der Waals surface area contributed by atoms with Crippen LogP contribution in [0.25, 0.3) is 0 Å². The molecule has 1 rings (SSSR count). The van der Waals surface area contributed by atoms with Crippen molar-refractivity contribution in [3.8, 4) is 0 Å². The Bertz CT molecular complexity index is 692. The second kappa shape index (κ2) is 16.5. The minimum Gasteiger partial charge on any atom is -0.520 e. The van der Waals surface area contributed by atoms with Crippen molar-refractivity contribution >= 4 is 28.3 Å². The lowest BCUT2D eigenvalue weighted by molar-refractivity contribution is -0.135. The van der Waals surface area contributed by atoms with Gasteiger partial charge in [-0.3, -0.25) is 4.79 Å². The molecule has 0 saturated carbocycles. The number of carbonyl (C=O) groups is 1. The first-order valence-electron chi connectivity index (χ1n) is 13.9. The summed E-state index contributed by atoms with van der Waals surface area (Å²) in [4.78, 5) is 17.4. The van der Waals surface area contributed by atoms with Crippen LogP contribution in [-0.2, 0) is 18.5 Å². The third-order valence-electron chi connectivity index (χ3n) is 5.84. The summed E-state index contributed by atoms with van der Waals surface area (Å²) < 4.78 is 12.0. The van der Waals surface area contributed by atoms with Gasteiger partial charge in [0.1, 0.15) is 6.61 Å². The summed E-state index contributed by atoms with van der Waals surface area (Å²) >= 11 is 0. The van der Waals surface area contributed by atoms with Gasteiger partial charge >= 0.3 is 0 Å². The number of allylic oxidation sites excluding steroid dienone is 3. The highest BCUT2D eigenvalue weighted by Crippen LogP contribution is 2.30. The van der Waals surface area contributed by atoms with E-state index < -0.39 is 16.6 Å². The van der Waals surface area contributed by atoms with Crippen molar-refractivity contribution in [2.75, 3.05) is 6.61 Å². The maximum absolute atomic E-state index is 11.9. The van der Waals surface area contributed by atoms with Crippen LogP contribution in [-0.4, -0.2) is 41.0 Å². The number of hydrogen-bond acceptors (Lipinski definition) is 5. The van der Waals surface area contributed by atoms with Gasteiger partial charge < -0.3 is 13.7 Å². The number of rotatable bonds is 18. The van der Waals surface area contributed by atoms with Crippen LogP contribution in [0.1, 0.15) is 78.1 Å². The Hall–Kier alpha value is -1.19. The number of nitrogens with zero attached hydrogens (tertiary/aromatic N) is 1. The van der Waals surface area contributed by atoms with E-state index >= 15 is 0 Å². The molecule has 1 aliphatic rings. The van der Waals surface area contributed by atoms with Gasteiger partial charge in [-0.15, -0.1) is 0 Å². The Morgan fingerprint density at radius 2 is 1.71 bits per heavy atom. The monoisotopic (exact) mass is 523 g/mol. The van der Waals surface area contributed by atoms with E-state index in [4.69, 9.17) is 13.7 Å². The van der Waals surface area contributed by atoms with E-state index in [1.807, 2.05) is 6.92 Å². The molecule has 0 saturated heterocycles. The molecule has 202 valence electrons. The average molecular weight is 524 g/mol. The first-order valence-corrected chi connectivity index (χ1v) is 20.7. The van der Waals surface area contributed by atoms with Crippen molar-refractivity contribution in [1.82, 2.24) is 0 Å². The van der Waals surface area contributed by atoms with Crippen LogP contribution in [0, 0.1) is 11.8 Å². The molecular weight excluding hydrogens is 470 g/mol. The first kappa shape index (κ1) is 31.8. The van der Waals surface area contributed by atoms with E-state index in [0.29, 0.717) is 24.9 Å². The van der Waals surface area contributed by atoms with Gasteiger partial charge in [0.05, 0.1) is 11.8 Å². The largest absolute Gasteiger partial charge is 0.520 e. The summed E-state index contributed by atoms with van der Waals surface area (Å²) in [5, 5.41) is 4.41. The molecule has 1 aliphatic carbocycles. The molecule has 0 aromatic carbocycles. The Morgan fingerprint density at radius 3 is 2.34 bits per heavy atom. The minimum absolute atomic E-state index is 0.0328. The third-order valence-corrected chi connectivity index (χ3v) is 7.69. The topological polar surface area (TPSA) is 57.1 Å². The molecule has 0 N–H and O–H groups in total. The number of unbranched alkanes of at least 4 members (excludes halogenated alkanes) is 5. The Balaban J connectivity index is 2.65. The summed E-state index contributed by atoms with van der Waals surface area (Å²) in [6, 6.07) is 0. The van der Waals surface area contributed by atoms with E-state index in [-0.39, 0.29) is 12.1 Å². The Morgan fingerprint density at radius 1 is 1.00 bits per heavy atom. The van der Waals surface area contributed by atoms with Crippen molar-refractivity contribution in [2.45, 2.75) is 123 Å². The third kappa shape index (κ3) is 15.5. The minimum atomic E-state index is -1.77. The summed E-state index contributed by atoms with van der Waals surface area (Å²) in [5.41, 5.74) is 1.05. The average Bonchev–Trinajstić information content (AvgIpc) is 3.12. The quantitative estimate of drug-likeness (QED) is 0.0785. The Labute approximate surface area is 218 Å². The van der Waals surface area contributed by atoms with Crippen molar-refractivity contribution < 1.29 is 18.5 Å².